The fourth-order valence-electron chi connectivity index (χ4n) is 2.00. The molecule has 0 saturated carbocycles. The van der Waals surface area contributed by atoms with Crippen LogP contribution >= 0.6 is 12.2 Å². The van der Waals surface area contributed by atoms with Gasteiger partial charge in [0.25, 0.3) is 5.91 Å². The summed E-state index contributed by atoms with van der Waals surface area (Å²) in [7, 11) is 0. The number of nitrogens with one attached hydrogen (secondary N) is 1. The predicted octanol–water partition coefficient (Wildman–Crippen LogP) is 3.33. The van der Waals surface area contributed by atoms with E-state index in [0.717, 1.165) is 17.7 Å². The maximum Gasteiger partial charge on any atom is 0.255 e. The summed E-state index contributed by atoms with van der Waals surface area (Å²) in [5.41, 5.74) is 9.16. The zero-order valence-corrected chi connectivity index (χ0v) is 12.7. The predicted molar refractivity (Wildman–Crippen MR) is 90.7 cm³/mol. The second-order valence-corrected chi connectivity index (χ2v) is 5.37. The van der Waals surface area contributed by atoms with Crippen molar-refractivity contribution in [3.8, 4) is 0 Å². The minimum atomic E-state index is -0.111. The molecular weight excluding hydrogens is 280 g/mol. The van der Waals surface area contributed by atoms with Gasteiger partial charge in [-0.25, -0.2) is 0 Å². The van der Waals surface area contributed by atoms with Gasteiger partial charge in [0.05, 0.1) is 4.99 Å². The summed E-state index contributed by atoms with van der Waals surface area (Å²) in [5, 5.41) is 2.87. The first-order chi connectivity index (χ1) is 10.1. The van der Waals surface area contributed by atoms with Crippen LogP contribution in [0.25, 0.3) is 0 Å². The molecule has 2 aromatic rings. The molecule has 0 heterocycles. The second kappa shape index (κ2) is 6.99. The van der Waals surface area contributed by atoms with E-state index in [9.17, 15) is 4.79 Å². The number of anilines is 1. The molecule has 0 aliphatic heterocycles. The number of hydrogen-bond donors (Lipinski definition) is 2. The van der Waals surface area contributed by atoms with Gasteiger partial charge in [-0.3, -0.25) is 4.79 Å². The van der Waals surface area contributed by atoms with E-state index >= 15 is 0 Å². The SMILES string of the molecule is CCc1ccc(C(=O)Nc2ccc(CC(N)=S)cc2)cc1. The molecular formula is C17H18N2OS. The van der Waals surface area contributed by atoms with Gasteiger partial charge in [-0.2, -0.15) is 0 Å². The molecule has 0 aromatic heterocycles. The van der Waals surface area contributed by atoms with Crippen LogP contribution in [0, 0.1) is 0 Å². The largest absolute Gasteiger partial charge is 0.393 e. The van der Waals surface area contributed by atoms with Crippen LogP contribution in [0.2, 0.25) is 0 Å². The highest BCUT2D eigenvalue weighted by Gasteiger charge is 2.06. The van der Waals surface area contributed by atoms with Crippen molar-refractivity contribution >= 4 is 28.8 Å². The van der Waals surface area contributed by atoms with Crippen molar-refractivity contribution in [1.82, 2.24) is 0 Å². The minimum Gasteiger partial charge on any atom is -0.393 e. The maximum absolute atomic E-state index is 12.1. The van der Waals surface area contributed by atoms with Crippen molar-refractivity contribution in [1.29, 1.82) is 0 Å². The molecule has 2 rings (SSSR count). The Morgan fingerprint density at radius 2 is 1.62 bits per heavy atom. The number of amides is 1. The van der Waals surface area contributed by atoms with Crippen molar-refractivity contribution in [3.05, 3.63) is 65.2 Å². The number of benzene rings is 2. The molecule has 4 heteroatoms. The summed E-state index contributed by atoms with van der Waals surface area (Å²) < 4.78 is 0. The Bertz CT molecular complexity index is 633. The van der Waals surface area contributed by atoms with Crippen LogP contribution in [0.4, 0.5) is 5.69 Å². The molecule has 3 nitrogen and oxygen atoms in total. The summed E-state index contributed by atoms with van der Waals surface area (Å²) in [6, 6.07) is 15.2. The zero-order valence-electron chi connectivity index (χ0n) is 11.9. The lowest BCUT2D eigenvalue weighted by molar-refractivity contribution is 0.102. The van der Waals surface area contributed by atoms with Gasteiger partial charge in [0, 0.05) is 17.7 Å². The van der Waals surface area contributed by atoms with Gasteiger partial charge in [-0.1, -0.05) is 43.4 Å². The van der Waals surface area contributed by atoms with Gasteiger partial charge in [-0.15, -0.1) is 0 Å². The topological polar surface area (TPSA) is 55.1 Å². The fraction of sp³-hybridized carbons (Fsp3) is 0.176. The molecule has 0 atom stereocenters. The normalized spacial score (nSPS) is 10.1. The van der Waals surface area contributed by atoms with E-state index in [1.165, 1.54) is 5.56 Å². The lowest BCUT2D eigenvalue weighted by Crippen LogP contribution is -2.13. The summed E-state index contributed by atoms with van der Waals surface area (Å²) in [5.74, 6) is -0.111. The number of thiocarbonyl (C=S) groups is 1. The number of aryl methyl sites for hydroxylation is 1. The molecule has 0 radical (unpaired) electrons. The molecule has 0 spiro atoms. The lowest BCUT2D eigenvalue weighted by Gasteiger charge is -2.07. The van der Waals surface area contributed by atoms with E-state index in [2.05, 4.69) is 12.2 Å². The molecule has 0 saturated heterocycles. The van der Waals surface area contributed by atoms with Crippen molar-refractivity contribution in [2.24, 2.45) is 5.73 Å². The van der Waals surface area contributed by atoms with Gasteiger partial charge < -0.3 is 11.1 Å². The summed E-state index contributed by atoms with van der Waals surface area (Å²) in [6.07, 6.45) is 1.54. The Balaban J connectivity index is 2.03. The molecule has 0 aliphatic carbocycles. The highest BCUT2D eigenvalue weighted by atomic mass is 32.1. The van der Waals surface area contributed by atoms with Crippen molar-refractivity contribution in [2.75, 3.05) is 5.32 Å². The molecule has 0 fully saturated rings. The summed E-state index contributed by atoms with van der Waals surface area (Å²) >= 11 is 4.87. The van der Waals surface area contributed by atoms with E-state index in [0.29, 0.717) is 17.0 Å². The van der Waals surface area contributed by atoms with Gasteiger partial charge in [-0.05, 0) is 41.8 Å². The first kappa shape index (κ1) is 15.2. The maximum atomic E-state index is 12.1. The summed E-state index contributed by atoms with van der Waals surface area (Å²) in [6.45, 7) is 2.09. The van der Waals surface area contributed by atoms with E-state index < -0.39 is 0 Å². The Hall–Kier alpha value is -2.20. The first-order valence-corrected chi connectivity index (χ1v) is 7.27. The molecule has 0 aliphatic rings. The van der Waals surface area contributed by atoms with E-state index in [4.69, 9.17) is 18.0 Å². The number of rotatable bonds is 5. The quantitative estimate of drug-likeness (QED) is 0.833. The molecule has 21 heavy (non-hydrogen) atoms. The van der Waals surface area contributed by atoms with Crippen LogP contribution in [0.5, 0.6) is 0 Å². The molecule has 108 valence electrons. The van der Waals surface area contributed by atoms with Gasteiger partial charge in [0.1, 0.15) is 0 Å². The first-order valence-electron chi connectivity index (χ1n) is 6.86. The number of hydrogen-bond acceptors (Lipinski definition) is 2. The smallest absolute Gasteiger partial charge is 0.255 e. The molecule has 0 unspecified atom stereocenters. The van der Waals surface area contributed by atoms with Gasteiger partial charge in [0.2, 0.25) is 0 Å². The Morgan fingerprint density at radius 1 is 1.05 bits per heavy atom. The van der Waals surface area contributed by atoms with Crippen LogP contribution in [0.15, 0.2) is 48.5 Å². The highest BCUT2D eigenvalue weighted by molar-refractivity contribution is 7.80. The zero-order chi connectivity index (χ0) is 15.2. The average Bonchev–Trinajstić information content (AvgIpc) is 2.49. The van der Waals surface area contributed by atoms with Crippen LogP contribution in [0.1, 0.15) is 28.4 Å². The average molecular weight is 298 g/mol. The number of carbonyl (C=O) groups excluding carboxylic acids is 1. The monoisotopic (exact) mass is 298 g/mol. The standard InChI is InChI=1S/C17H18N2OS/c1-2-12-3-7-14(8-4-12)17(20)19-15-9-5-13(6-10-15)11-16(18)21/h3-10H,2,11H2,1H3,(H2,18,21)(H,19,20). The van der Waals surface area contributed by atoms with E-state index in [1.54, 1.807) is 0 Å². The van der Waals surface area contributed by atoms with Crippen LogP contribution in [0.3, 0.4) is 0 Å². The van der Waals surface area contributed by atoms with Crippen molar-refractivity contribution < 1.29 is 4.79 Å². The second-order valence-electron chi connectivity index (χ2n) is 4.84. The molecule has 0 bridgehead atoms. The minimum absolute atomic E-state index is 0.111. The third kappa shape index (κ3) is 4.39. The third-order valence-corrected chi connectivity index (χ3v) is 3.36. The number of nitrogens with two attached hydrogens (primary N) is 1. The Morgan fingerprint density at radius 3 is 2.14 bits per heavy atom. The summed E-state index contributed by atoms with van der Waals surface area (Å²) in [4.78, 5) is 12.6. The van der Waals surface area contributed by atoms with Gasteiger partial charge >= 0.3 is 0 Å². The fourth-order valence-corrected chi connectivity index (χ4v) is 2.17. The molecule has 2 aromatic carbocycles. The van der Waals surface area contributed by atoms with E-state index in [-0.39, 0.29) is 5.91 Å². The Labute approximate surface area is 130 Å². The van der Waals surface area contributed by atoms with Crippen molar-refractivity contribution in [2.45, 2.75) is 19.8 Å². The number of carbonyl (C=O) groups is 1. The molecule has 1 amide bonds. The highest BCUT2D eigenvalue weighted by Crippen LogP contribution is 2.12. The van der Waals surface area contributed by atoms with Crippen LogP contribution < -0.4 is 11.1 Å². The van der Waals surface area contributed by atoms with Gasteiger partial charge in [0.15, 0.2) is 0 Å². The Kier molecular flexibility index (Phi) is 5.06. The third-order valence-electron chi connectivity index (χ3n) is 3.21. The lowest BCUT2D eigenvalue weighted by atomic mass is 10.1. The van der Waals surface area contributed by atoms with Crippen LogP contribution in [-0.4, -0.2) is 10.9 Å². The van der Waals surface area contributed by atoms with E-state index in [1.807, 2.05) is 48.5 Å². The van der Waals surface area contributed by atoms with Crippen molar-refractivity contribution in [3.63, 3.8) is 0 Å². The van der Waals surface area contributed by atoms with Crippen LogP contribution in [-0.2, 0) is 12.8 Å². The molecule has 3 N–H and O–H groups in total.